The third kappa shape index (κ3) is 4.97. The van der Waals surface area contributed by atoms with E-state index in [0.29, 0.717) is 11.3 Å². The number of phenols is 1. The van der Waals surface area contributed by atoms with Gasteiger partial charge >= 0.3 is 11.8 Å². The predicted molar refractivity (Wildman–Crippen MR) is 95.2 cm³/mol. The first-order valence-electron chi connectivity index (χ1n) is 7.65. The van der Waals surface area contributed by atoms with Crippen LogP contribution >= 0.6 is 0 Å². The van der Waals surface area contributed by atoms with Gasteiger partial charge in [0.25, 0.3) is 0 Å². The van der Waals surface area contributed by atoms with E-state index in [4.69, 9.17) is 9.47 Å². The molecule has 0 aliphatic heterocycles. The van der Waals surface area contributed by atoms with Crippen LogP contribution in [0.15, 0.2) is 47.6 Å². The maximum Gasteiger partial charge on any atom is 0.329 e. The number of carbonyl (C=O) groups is 2. The van der Waals surface area contributed by atoms with E-state index in [2.05, 4.69) is 15.8 Å². The maximum atomic E-state index is 11.8. The second-order valence-corrected chi connectivity index (χ2v) is 5.13. The fraction of sp³-hybridized carbons (Fsp3) is 0.167. The van der Waals surface area contributed by atoms with Gasteiger partial charge in [0.2, 0.25) is 0 Å². The van der Waals surface area contributed by atoms with Crippen LogP contribution < -0.4 is 20.2 Å². The monoisotopic (exact) mass is 357 g/mol. The number of hydrogen-bond donors (Lipinski definition) is 3. The molecule has 0 saturated carbocycles. The van der Waals surface area contributed by atoms with E-state index in [1.807, 2.05) is 0 Å². The molecule has 0 aromatic heterocycles. The van der Waals surface area contributed by atoms with Gasteiger partial charge in [-0.25, -0.2) is 5.43 Å². The van der Waals surface area contributed by atoms with Crippen LogP contribution in [0.5, 0.6) is 17.2 Å². The van der Waals surface area contributed by atoms with E-state index in [-0.39, 0.29) is 18.0 Å². The van der Waals surface area contributed by atoms with Crippen LogP contribution in [0.3, 0.4) is 0 Å². The van der Waals surface area contributed by atoms with Gasteiger partial charge in [-0.15, -0.1) is 0 Å². The normalized spacial score (nSPS) is 10.4. The topological polar surface area (TPSA) is 109 Å². The van der Waals surface area contributed by atoms with Crippen molar-refractivity contribution in [1.82, 2.24) is 10.7 Å². The number of benzene rings is 2. The van der Waals surface area contributed by atoms with E-state index in [1.54, 1.807) is 49.6 Å². The van der Waals surface area contributed by atoms with Gasteiger partial charge in [0.1, 0.15) is 5.75 Å². The molecule has 0 saturated heterocycles. The Morgan fingerprint density at radius 1 is 1.08 bits per heavy atom. The van der Waals surface area contributed by atoms with E-state index in [0.717, 1.165) is 5.56 Å². The second-order valence-electron chi connectivity index (χ2n) is 5.13. The molecule has 2 amide bonds. The molecule has 0 aliphatic rings. The van der Waals surface area contributed by atoms with Crippen molar-refractivity contribution in [2.45, 2.75) is 6.54 Å². The van der Waals surface area contributed by atoms with Gasteiger partial charge in [0.05, 0.1) is 20.4 Å². The van der Waals surface area contributed by atoms with Crippen LogP contribution in [-0.4, -0.2) is 37.4 Å². The summed E-state index contributed by atoms with van der Waals surface area (Å²) in [6.45, 7) is 0.191. The molecule has 3 N–H and O–H groups in total. The number of amides is 2. The molecule has 136 valence electrons. The first-order chi connectivity index (χ1) is 12.5. The van der Waals surface area contributed by atoms with Crippen LogP contribution in [0.25, 0.3) is 0 Å². The molecule has 0 atom stereocenters. The number of carbonyl (C=O) groups excluding carboxylic acids is 2. The highest BCUT2D eigenvalue weighted by atomic mass is 16.5. The predicted octanol–water partition coefficient (Wildman–Crippen LogP) is 1.18. The van der Waals surface area contributed by atoms with Gasteiger partial charge in [0.15, 0.2) is 11.5 Å². The van der Waals surface area contributed by atoms with Gasteiger partial charge in [0, 0.05) is 12.1 Å². The third-order valence-corrected chi connectivity index (χ3v) is 3.44. The molecule has 0 spiro atoms. The summed E-state index contributed by atoms with van der Waals surface area (Å²) in [6, 6.07) is 11.9. The fourth-order valence-electron chi connectivity index (χ4n) is 2.03. The molecule has 8 nitrogen and oxygen atoms in total. The van der Waals surface area contributed by atoms with Crippen molar-refractivity contribution in [3.8, 4) is 17.2 Å². The van der Waals surface area contributed by atoms with Crippen molar-refractivity contribution in [2.75, 3.05) is 14.2 Å². The summed E-state index contributed by atoms with van der Waals surface area (Å²) in [5.74, 6) is -0.882. The van der Waals surface area contributed by atoms with Crippen molar-refractivity contribution in [2.24, 2.45) is 5.10 Å². The molecule has 0 bridgehead atoms. The van der Waals surface area contributed by atoms with Crippen LogP contribution in [-0.2, 0) is 16.1 Å². The molecule has 0 aliphatic carbocycles. The Morgan fingerprint density at radius 3 is 2.46 bits per heavy atom. The summed E-state index contributed by atoms with van der Waals surface area (Å²) < 4.78 is 10.0. The van der Waals surface area contributed by atoms with Gasteiger partial charge in [-0.3, -0.25) is 9.59 Å². The van der Waals surface area contributed by atoms with Crippen molar-refractivity contribution >= 4 is 18.0 Å². The molecular weight excluding hydrogens is 338 g/mol. The number of rotatable bonds is 6. The van der Waals surface area contributed by atoms with Crippen LogP contribution in [0.1, 0.15) is 11.1 Å². The van der Waals surface area contributed by atoms with Crippen LogP contribution in [0.2, 0.25) is 0 Å². The fourth-order valence-corrected chi connectivity index (χ4v) is 2.03. The minimum atomic E-state index is -0.919. The Hall–Kier alpha value is -3.55. The number of methoxy groups -OCH3 is 2. The molecule has 2 aromatic rings. The molecule has 0 unspecified atom stereocenters. The van der Waals surface area contributed by atoms with Crippen LogP contribution in [0.4, 0.5) is 0 Å². The summed E-state index contributed by atoms with van der Waals surface area (Å²) in [5, 5.41) is 16.0. The summed E-state index contributed by atoms with van der Waals surface area (Å²) in [6.07, 6.45) is 1.21. The maximum absolute atomic E-state index is 11.8. The van der Waals surface area contributed by atoms with Gasteiger partial charge in [-0.1, -0.05) is 18.2 Å². The lowest BCUT2D eigenvalue weighted by molar-refractivity contribution is -0.139. The average Bonchev–Trinajstić information content (AvgIpc) is 2.67. The highest BCUT2D eigenvalue weighted by Crippen LogP contribution is 2.27. The van der Waals surface area contributed by atoms with Crippen LogP contribution in [0, 0.1) is 0 Å². The molecule has 2 rings (SSSR count). The van der Waals surface area contributed by atoms with Gasteiger partial charge < -0.3 is 19.9 Å². The second kappa shape index (κ2) is 9.07. The zero-order valence-corrected chi connectivity index (χ0v) is 14.4. The molecule has 2 aromatic carbocycles. The van der Waals surface area contributed by atoms with Gasteiger partial charge in [-0.2, -0.15) is 5.10 Å². The summed E-state index contributed by atoms with van der Waals surface area (Å²) in [4.78, 5) is 23.5. The lowest BCUT2D eigenvalue weighted by Gasteiger charge is -2.06. The molecule has 0 fully saturated rings. The first kappa shape index (κ1) is 18.8. The largest absolute Gasteiger partial charge is 0.504 e. The zero-order chi connectivity index (χ0) is 18.9. The van der Waals surface area contributed by atoms with Crippen molar-refractivity contribution < 1.29 is 24.2 Å². The lowest BCUT2D eigenvalue weighted by Crippen LogP contribution is -2.37. The molecule has 0 heterocycles. The Kier molecular flexibility index (Phi) is 6.55. The highest BCUT2D eigenvalue weighted by Gasteiger charge is 2.12. The molecule has 26 heavy (non-hydrogen) atoms. The number of hydrogen-bond acceptors (Lipinski definition) is 6. The van der Waals surface area contributed by atoms with Crippen molar-refractivity contribution in [3.05, 3.63) is 53.6 Å². The van der Waals surface area contributed by atoms with Crippen molar-refractivity contribution in [3.63, 3.8) is 0 Å². The highest BCUT2D eigenvalue weighted by molar-refractivity contribution is 6.35. The quantitative estimate of drug-likeness (QED) is 0.409. The lowest BCUT2D eigenvalue weighted by atomic mass is 10.2. The summed E-state index contributed by atoms with van der Waals surface area (Å²) >= 11 is 0. The summed E-state index contributed by atoms with van der Waals surface area (Å²) in [7, 11) is 2.98. The molecular formula is C18H19N3O5. The standard InChI is InChI=1S/C18H19N3O5/c1-25-14-8-6-12(7-9-14)10-19-17(23)18(24)21-20-11-13-4-3-5-15(26-2)16(13)22/h3-9,11,22H,10H2,1-2H3,(H,19,23)(H,21,24)/b20-11+. The average molecular weight is 357 g/mol. The first-order valence-corrected chi connectivity index (χ1v) is 7.65. The Labute approximate surface area is 150 Å². The number of phenolic OH excluding ortho intramolecular Hbond substituents is 1. The van der Waals surface area contributed by atoms with Crippen molar-refractivity contribution in [1.29, 1.82) is 0 Å². The Bertz CT molecular complexity index is 803. The number of nitrogens with one attached hydrogen (secondary N) is 2. The smallest absolute Gasteiger partial charge is 0.329 e. The number of aromatic hydroxyl groups is 1. The Balaban J connectivity index is 1.86. The zero-order valence-electron chi connectivity index (χ0n) is 14.4. The van der Waals surface area contributed by atoms with E-state index in [1.165, 1.54) is 13.3 Å². The van der Waals surface area contributed by atoms with E-state index < -0.39 is 11.8 Å². The SMILES string of the molecule is COc1ccc(CNC(=O)C(=O)N/N=C/c2cccc(OC)c2O)cc1. The molecule has 0 radical (unpaired) electrons. The minimum Gasteiger partial charge on any atom is -0.504 e. The number of ether oxygens (including phenoxy) is 2. The minimum absolute atomic E-state index is 0.114. The third-order valence-electron chi connectivity index (χ3n) is 3.44. The number of hydrazone groups is 1. The van der Waals surface area contributed by atoms with Gasteiger partial charge in [-0.05, 0) is 29.8 Å². The molecule has 8 heteroatoms. The van der Waals surface area contributed by atoms with E-state index in [9.17, 15) is 14.7 Å². The summed E-state index contributed by atoms with van der Waals surface area (Å²) in [5.41, 5.74) is 3.25. The Morgan fingerprint density at radius 2 is 1.81 bits per heavy atom. The number of para-hydroxylation sites is 1. The number of nitrogens with zero attached hydrogens (tertiary/aromatic N) is 1. The van der Waals surface area contributed by atoms with E-state index >= 15 is 0 Å².